The van der Waals surface area contributed by atoms with Crippen LogP contribution < -0.4 is 0 Å². The van der Waals surface area contributed by atoms with E-state index in [-0.39, 0.29) is 0 Å². The lowest BCUT2D eigenvalue weighted by molar-refractivity contribution is -0.132. The fourth-order valence-electron chi connectivity index (χ4n) is 1.64. The van der Waals surface area contributed by atoms with E-state index >= 15 is 0 Å². The summed E-state index contributed by atoms with van der Waals surface area (Å²) >= 11 is 0. The molecule has 0 amide bonds. The Morgan fingerprint density at radius 1 is 0.792 bits per heavy atom. The maximum Gasteiger partial charge on any atom is 0.327 e. The van der Waals surface area contributed by atoms with Crippen LogP contribution in [0.5, 0.6) is 0 Å². The number of carboxylic acids is 2. The first-order chi connectivity index (χ1) is 11.3. The number of aliphatic carboxylic acids is 2. The summed E-state index contributed by atoms with van der Waals surface area (Å²) in [5.41, 5.74) is 0. The second-order valence-electron chi connectivity index (χ2n) is 5.18. The Balaban J connectivity index is -0.000000361. The lowest BCUT2D eigenvalue weighted by Crippen LogP contribution is -2.02. The number of aliphatic hydroxyl groups excluding tert-OH is 1. The molecule has 4 N–H and O–H groups in total. The zero-order chi connectivity index (χ0) is 19.2. The minimum atomic E-state index is -1.10. The van der Waals surface area contributed by atoms with Crippen molar-refractivity contribution < 1.29 is 30.0 Å². The van der Waals surface area contributed by atoms with Crippen LogP contribution in [-0.2, 0) is 9.59 Å². The number of hydrogen-bond acceptors (Lipinski definition) is 4. The van der Waals surface area contributed by atoms with Gasteiger partial charge in [-0.1, -0.05) is 71.4 Å². The van der Waals surface area contributed by atoms with Gasteiger partial charge >= 0.3 is 11.9 Å². The third-order valence-corrected chi connectivity index (χ3v) is 2.92. The second-order valence-corrected chi connectivity index (χ2v) is 5.18. The SMILES string of the molecule is C=CC(=O)O.C=CC(=O)O.CCCCCCCCCCCC(O)O. The van der Waals surface area contributed by atoms with Crippen molar-refractivity contribution in [2.24, 2.45) is 0 Å². The van der Waals surface area contributed by atoms with Crippen molar-refractivity contribution in [2.75, 3.05) is 0 Å². The third-order valence-electron chi connectivity index (χ3n) is 2.92. The number of unbranched alkanes of at least 4 members (excludes halogenated alkanes) is 8. The highest BCUT2D eigenvalue weighted by atomic mass is 16.5. The predicted octanol–water partition coefficient (Wildman–Crippen LogP) is 3.73. The standard InChI is InChI=1S/C12H26O2.2C3H4O2/c1-2-3-4-5-6-7-8-9-10-11-12(13)14;2*1-2-3(4)5/h12-14H,2-11H2,1H3;2*2H,1H2,(H,4,5). The average Bonchev–Trinajstić information content (AvgIpc) is 2.54. The largest absolute Gasteiger partial charge is 0.478 e. The highest BCUT2D eigenvalue weighted by Crippen LogP contribution is 2.10. The summed E-state index contributed by atoms with van der Waals surface area (Å²) in [5.74, 6) is -1.96. The fourth-order valence-corrected chi connectivity index (χ4v) is 1.64. The molecule has 0 rings (SSSR count). The molecule has 142 valence electrons. The molecule has 0 atom stereocenters. The molecular formula is C18H34O6. The Labute approximate surface area is 145 Å². The molecule has 0 fully saturated rings. The zero-order valence-corrected chi connectivity index (χ0v) is 14.8. The van der Waals surface area contributed by atoms with Crippen LogP contribution in [-0.4, -0.2) is 38.7 Å². The van der Waals surface area contributed by atoms with Crippen molar-refractivity contribution in [1.82, 2.24) is 0 Å². The van der Waals surface area contributed by atoms with Crippen LogP contribution in [0.4, 0.5) is 0 Å². The Morgan fingerprint density at radius 2 is 1.08 bits per heavy atom. The summed E-state index contributed by atoms with van der Waals surface area (Å²) in [5, 5.41) is 32.4. The van der Waals surface area contributed by atoms with E-state index in [1.54, 1.807) is 0 Å². The molecule has 6 heteroatoms. The van der Waals surface area contributed by atoms with E-state index in [1.807, 2.05) is 0 Å². The van der Waals surface area contributed by atoms with Crippen LogP contribution in [0.25, 0.3) is 0 Å². The summed E-state index contributed by atoms with van der Waals surface area (Å²) < 4.78 is 0. The summed E-state index contributed by atoms with van der Waals surface area (Å²) in [7, 11) is 0. The molecule has 0 unspecified atom stereocenters. The summed E-state index contributed by atoms with van der Waals surface area (Å²) in [4.78, 5) is 18.5. The first kappa shape index (κ1) is 27.2. The quantitative estimate of drug-likeness (QED) is 0.243. The monoisotopic (exact) mass is 346 g/mol. The minimum Gasteiger partial charge on any atom is -0.478 e. The van der Waals surface area contributed by atoms with Crippen LogP contribution in [0.15, 0.2) is 25.3 Å². The lowest BCUT2D eigenvalue weighted by Gasteiger charge is -2.03. The van der Waals surface area contributed by atoms with Gasteiger partial charge in [0.1, 0.15) is 0 Å². The second kappa shape index (κ2) is 23.6. The molecule has 0 bridgehead atoms. The fraction of sp³-hybridized carbons (Fsp3) is 0.667. The number of hydrogen-bond donors (Lipinski definition) is 4. The van der Waals surface area contributed by atoms with Gasteiger partial charge in [-0.25, -0.2) is 9.59 Å². The summed E-state index contributed by atoms with van der Waals surface area (Å²) in [6, 6.07) is 0. The smallest absolute Gasteiger partial charge is 0.327 e. The molecule has 24 heavy (non-hydrogen) atoms. The molecule has 0 aliphatic rings. The van der Waals surface area contributed by atoms with Gasteiger partial charge in [-0.15, -0.1) is 0 Å². The molecule has 0 saturated carbocycles. The first-order valence-corrected chi connectivity index (χ1v) is 8.38. The summed E-state index contributed by atoms with van der Waals surface area (Å²) in [6.07, 6.45) is 12.5. The topological polar surface area (TPSA) is 115 Å². The molecule has 0 spiro atoms. The molecule has 6 nitrogen and oxygen atoms in total. The van der Waals surface area contributed by atoms with E-state index in [4.69, 9.17) is 20.4 Å². The van der Waals surface area contributed by atoms with Crippen molar-refractivity contribution in [3.63, 3.8) is 0 Å². The van der Waals surface area contributed by atoms with E-state index in [2.05, 4.69) is 20.1 Å². The van der Waals surface area contributed by atoms with Gasteiger partial charge in [0.25, 0.3) is 0 Å². The zero-order valence-electron chi connectivity index (χ0n) is 14.8. The maximum atomic E-state index is 9.25. The lowest BCUT2D eigenvalue weighted by atomic mass is 10.1. The van der Waals surface area contributed by atoms with Gasteiger partial charge in [-0.3, -0.25) is 0 Å². The Kier molecular flexibility index (Phi) is 26.8. The molecule has 0 aliphatic heterocycles. The van der Waals surface area contributed by atoms with Crippen LogP contribution in [0, 0.1) is 0 Å². The third kappa shape index (κ3) is 42.8. The van der Waals surface area contributed by atoms with E-state index in [9.17, 15) is 9.59 Å². The Bertz CT molecular complexity index is 295. The molecule has 0 aromatic rings. The first-order valence-electron chi connectivity index (χ1n) is 8.38. The molecular weight excluding hydrogens is 312 g/mol. The van der Waals surface area contributed by atoms with Crippen molar-refractivity contribution in [1.29, 1.82) is 0 Å². The van der Waals surface area contributed by atoms with Crippen LogP contribution in [0.2, 0.25) is 0 Å². The van der Waals surface area contributed by atoms with Crippen molar-refractivity contribution >= 4 is 11.9 Å². The van der Waals surface area contributed by atoms with Crippen molar-refractivity contribution in [3.05, 3.63) is 25.3 Å². The normalized spacial score (nSPS) is 9.17. The van der Waals surface area contributed by atoms with Gasteiger partial charge in [0.15, 0.2) is 6.29 Å². The van der Waals surface area contributed by atoms with Gasteiger partial charge in [0.05, 0.1) is 0 Å². The molecule has 0 aliphatic carbocycles. The van der Waals surface area contributed by atoms with Crippen LogP contribution in [0.3, 0.4) is 0 Å². The number of carbonyl (C=O) groups is 2. The van der Waals surface area contributed by atoms with Gasteiger partial charge in [0.2, 0.25) is 0 Å². The van der Waals surface area contributed by atoms with Crippen LogP contribution >= 0.6 is 0 Å². The van der Waals surface area contributed by atoms with E-state index in [0.29, 0.717) is 6.42 Å². The molecule has 0 radical (unpaired) electrons. The van der Waals surface area contributed by atoms with E-state index in [0.717, 1.165) is 25.0 Å². The van der Waals surface area contributed by atoms with Crippen LogP contribution in [0.1, 0.15) is 71.1 Å². The maximum absolute atomic E-state index is 9.25. The highest BCUT2D eigenvalue weighted by molar-refractivity contribution is 5.79. The Hall–Kier alpha value is -1.66. The van der Waals surface area contributed by atoms with E-state index in [1.165, 1.54) is 44.9 Å². The molecule has 0 heterocycles. The predicted molar refractivity (Wildman–Crippen MR) is 95.7 cm³/mol. The minimum absolute atomic E-state index is 0.538. The van der Waals surface area contributed by atoms with Gasteiger partial charge in [-0.2, -0.15) is 0 Å². The number of carboxylic acid groups (broad SMARTS) is 2. The number of rotatable bonds is 12. The van der Waals surface area contributed by atoms with Crippen molar-refractivity contribution in [3.8, 4) is 0 Å². The van der Waals surface area contributed by atoms with E-state index < -0.39 is 18.2 Å². The molecule has 0 aromatic carbocycles. The van der Waals surface area contributed by atoms with Gasteiger partial charge in [-0.05, 0) is 12.8 Å². The highest BCUT2D eigenvalue weighted by Gasteiger charge is 1.96. The van der Waals surface area contributed by atoms with Gasteiger partial charge < -0.3 is 20.4 Å². The molecule has 0 saturated heterocycles. The summed E-state index contributed by atoms with van der Waals surface area (Å²) in [6.45, 7) is 8.16. The van der Waals surface area contributed by atoms with Gasteiger partial charge in [0, 0.05) is 12.2 Å². The molecule has 0 aromatic heterocycles. The van der Waals surface area contributed by atoms with Crippen molar-refractivity contribution in [2.45, 2.75) is 77.4 Å². The Morgan fingerprint density at radius 3 is 1.33 bits per heavy atom. The average molecular weight is 346 g/mol. The number of aliphatic hydroxyl groups is 2.